The highest BCUT2D eigenvalue weighted by Crippen LogP contribution is 2.30. The Kier molecular flexibility index (Phi) is 3.67. The van der Waals surface area contributed by atoms with Crippen molar-refractivity contribution in [2.45, 2.75) is 13.5 Å². The summed E-state index contributed by atoms with van der Waals surface area (Å²) in [6.45, 7) is 1.62. The van der Waals surface area contributed by atoms with Crippen molar-refractivity contribution in [2.24, 2.45) is 0 Å². The molecule has 1 N–H and O–H groups in total. The lowest BCUT2D eigenvalue weighted by Crippen LogP contribution is -1.97. The summed E-state index contributed by atoms with van der Waals surface area (Å²) < 4.78 is 5.31. The fourth-order valence-electron chi connectivity index (χ4n) is 1.43. The van der Waals surface area contributed by atoms with Crippen LogP contribution in [0.25, 0.3) is 0 Å². The number of hydrogen-bond acceptors (Lipinski definition) is 6. The highest BCUT2D eigenvalue weighted by atomic mass is 16.6. The van der Waals surface area contributed by atoms with Gasteiger partial charge in [0.2, 0.25) is 5.75 Å². The number of nitro benzene ring substituents is 1. The Morgan fingerprint density at radius 1 is 1.37 bits per heavy atom. The topological polar surface area (TPSA) is 98.4 Å². The minimum absolute atomic E-state index is 0.00843. The molecule has 0 amide bonds. The minimum Gasteiger partial charge on any atom is -0.417 e. The summed E-state index contributed by atoms with van der Waals surface area (Å²) in [5.74, 6) is 0.0850. The molecule has 2 aromatic rings. The van der Waals surface area contributed by atoms with Gasteiger partial charge in [0.1, 0.15) is 0 Å². The third kappa shape index (κ3) is 3.02. The number of aliphatic hydroxyl groups excluding tert-OH is 1. The van der Waals surface area contributed by atoms with E-state index in [9.17, 15) is 10.1 Å². The maximum atomic E-state index is 10.9. The largest absolute Gasteiger partial charge is 0.417 e. The molecular formula is C12H11N3O4. The van der Waals surface area contributed by atoms with E-state index < -0.39 is 4.92 Å². The van der Waals surface area contributed by atoms with Gasteiger partial charge < -0.3 is 9.84 Å². The highest BCUT2D eigenvalue weighted by molar-refractivity contribution is 5.49. The average molecular weight is 261 g/mol. The molecule has 0 radical (unpaired) electrons. The number of nitrogens with zero attached hydrogens (tertiary/aromatic N) is 3. The van der Waals surface area contributed by atoms with E-state index in [0.717, 1.165) is 5.56 Å². The molecule has 1 aromatic carbocycles. The standard InChI is InChI=1S/C12H11N3O4/c1-8-2-3-10(15(17)18)11(4-8)19-12-13-5-9(7-16)6-14-12/h2-6,16H,7H2,1H3. The molecule has 1 aromatic heterocycles. The average Bonchev–Trinajstić information content (AvgIpc) is 2.39. The lowest BCUT2D eigenvalue weighted by Gasteiger charge is -2.05. The molecule has 2 rings (SSSR count). The molecule has 0 aliphatic rings. The minimum atomic E-state index is -0.531. The van der Waals surface area contributed by atoms with Crippen molar-refractivity contribution in [2.75, 3.05) is 0 Å². The van der Waals surface area contributed by atoms with E-state index in [-0.39, 0.29) is 24.1 Å². The van der Waals surface area contributed by atoms with Gasteiger partial charge in [-0.2, -0.15) is 0 Å². The molecule has 0 aliphatic carbocycles. The van der Waals surface area contributed by atoms with E-state index in [2.05, 4.69) is 9.97 Å². The van der Waals surface area contributed by atoms with E-state index in [1.165, 1.54) is 18.5 Å². The monoisotopic (exact) mass is 261 g/mol. The highest BCUT2D eigenvalue weighted by Gasteiger charge is 2.16. The van der Waals surface area contributed by atoms with Gasteiger partial charge in [0.15, 0.2) is 0 Å². The number of ether oxygens (including phenoxy) is 1. The van der Waals surface area contributed by atoms with Gasteiger partial charge in [0.05, 0.1) is 11.5 Å². The van der Waals surface area contributed by atoms with E-state index in [0.29, 0.717) is 5.56 Å². The fraction of sp³-hybridized carbons (Fsp3) is 0.167. The second-order valence-corrected chi connectivity index (χ2v) is 3.86. The van der Waals surface area contributed by atoms with Gasteiger partial charge in [-0.3, -0.25) is 10.1 Å². The van der Waals surface area contributed by atoms with Crippen molar-refractivity contribution in [3.05, 3.63) is 51.8 Å². The molecule has 19 heavy (non-hydrogen) atoms. The van der Waals surface area contributed by atoms with E-state index in [1.54, 1.807) is 19.1 Å². The molecule has 0 saturated heterocycles. The van der Waals surface area contributed by atoms with Crippen LogP contribution in [0.4, 0.5) is 5.69 Å². The number of aliphatic hydroxyl groups is 1. The number of benzene rings is 1. The summed E-state index contributed by atoms with van der Waals surface area (Å²) >= 11 is 0. The molecule has 0 bridgehead atoms. The van der Waals surface area contributed by atoms with Crippen LogP contribution in [0.1, 0.15) is 11.1 Å². The third-order valence-electron chi connectivity index (χ3n) is 2.38. The van der Waals surface area contributed by atoms with Crippen molar-refractivity contribution in [1.29, 1.82) is 0 Å². The van der Waals surface area contributed by atoms with Crippen molar-refractivity contribution in [3.63, 3.8) is 0 Å². The number of hydrogen-bond donors (Lipinski definition) is 1. The fourth-order valence-corrected chi connectivity index (χ4v) is 1.43. The SMILES string of the molecule is Cc1ccc([N+](=O)[O-])c(Oc2ncc(CO)cn2)c1. The molecule has 7 heteroatoms. The lowest BCUT2D eigenvalue weighted by atomic mass is 10.2. The molecule has 0 atom stereocenters. The van der Waals surface area contributed by atoms with Crippen LogP contribution in [0.5, 0.6) is 11.8 Å². The lowest BCUT2D eigenvalue weighted by molar-refractivity contribution is -0.385. The predicted octanol–water partition coefficient (Wildman–Crippen LogP) is 1.98. The second-order valence-electron chi connectivity index (χ2n) is 3.86. The summed E-state index contributed by atoms with van der Waals surface area (Å²) in [5.41, 5.74) is 1.21. The summed E-state index contributed by atoms with van der Waals surface area (Å²) in [4.78, 5) is 18.1. The van der Waals surface area contributed by atoms with Crippen molar-refractivity contribution < 1.29 is 14.8 Å². The Morgan fingerprint density at radius 2 is 2.05 bits per heavy atom. The van der Waals surface area contributed by atoms with Crippen LogP contribution >= 0.6 is 0 Å². The Bertz CT molecular complexity index is 598. The first-order valence-electron chi connectivity index (χ1n) is 5.45. The zero-order valence-corrected chi connectivity index (χ0v) is 10.1. The Morgan fingerprint density at radius 3 is 2.63 bits per heavy atom. The molecule has 0 spiro atoms. The Balaban J connectivity index is 2.31. The van der Waals surface area contributed by atoms with Crippen LogP contribution in [0, 0.1) is 17.0 Å². The van der Waals surface area contributed by atoms with Gasteiger partial charge in [0, 0.05) is 24.0 Å². The second kappa shape index (κ2) is 5.40. The van der Waals surface area contributed by atoms with E-state index >= 15 is 0 Å². The summed E-state index contributed by atoms with van der Waals surface area (Å²) in [6, 6.07) is 4.53. The van der Waals surface area contributed by atoms with Crippen LogP contribution in [0.2, 0.25) is 0 Å². The van der Waals surface area contributed by atoms with Gasteiger partial charge in [-0.15, -0.1) is 0 Å². The molecular weight excluding hydrogens is 250 g/mol. The molecule has 0 saturated carbocycles. The molecule has 0 aliphatic heterocycles. The number of aryl methyl sites for hydroxylation is 1. The predicted molar refractivity (Wildman–Crippen MR) is 65.9 cm³/mol. The quantitative estimate of drug-likeness (QED) is 0.667. The first-order valence-corrected chi connectivity index (χ1v) is 5.45. The molecule has 7 nitrogen and oxygen atoms in total. The smallest absolute Gasteiger partial charge is 0.322 e. The molecule has 0 fully saturated rings. The maximum Gasteiger partial charge on any atom is 0.322 e. The van der Waals surface area contributed by atoms with Gasteiger partial charge in [-0.1, -0.05) is 6.07 Å². The normalized spacial score (nSPS) is 10.2. The van der Waals surface area contributed by atoms with Crippen molar-refractivity contribution >= 4 is 5.69 Å². The van der Waals surface area contributed by atoms with Gasteiger partial charge in [0.25, 0.3) is 0 Å². The van der Waals surface area contributed by atoms with Crippen LogP contribution < -0.4 is 4.74 Å². The van der Waals surface area contributed by atoms with Gasteiger partial charge in [-0.05, 0) is 18.6 Å². The first kappa shape index (κ1) is 12.9. The molecule has 0 unspecified atom stereocenters. The van der Waals surface area contributed by atoms with Crippen LogP contribution in [0.3, 0.4) is 0 Å². The summed E-state index contributed by atoms with van der Waals surface area (Å²) in [6.07, 6.45) is 2.79. The number of nitro groups is 1. The number of aromatic nitrogens is 2. The first-order chi connectivity index (χ1) is 9.10. The van der Waals surface area contributed by atoms with Gasteiger partial charge in [-0.25, -0.2) is 9.97 Å². The number of rotatable bonds is 4. The van der Waals surface area contributed by atoms with E-state index in [1.807, 2.05) is 0 Å². The van der Waals surface area contributed by atoms with Crippen LogP contribution in [-0.4, -0.2) is 20.0 Å². The zero-order valence-electron chi connectivity index (χ0n) is 10.1. The van der Waals surface area contributed by atoms with Crippen LogP contribution in [0.15, 0.2) is 30.6 Å². The zero-order chi connectivity index (χ0) is 13.8. The molecule has 98 valence electrons. The maximum absolute atomic E-state index is 10.9. The molecule has 1 heterocycles. The van der Waals surface area contributed by atoms with Gasteiger partial charge >= 0.3 is 11.7 Å². The Hall–Kier alpha value is -2.54. The van der Waals surface area contributed by atoms with Crippen molar-refractivity contribution in [3.8, 4) is 11.8 Å². The third-order valence-corrected chi connectivity index (χ3v) is 2.38. The van der Waals surface area contributed by atoms with Crippen molar-refractivity contribution in [1.82, 2.24) is 9.97 Å². The summed E-state index contributed by atoms with van der Waals surface area (Å²) in [7, 11) is 0. The Labute approximate surface area is 108 Å². The summed E-state index contributed by atoms with van der Waals surface area (Å²) in [5, 5.41) is 19.7. The van der Waals surface area contributed by atoms with E-state index in [4.69, 9.17) is 9.84 Å². The van der Waals surface area contributed by atoms with Crippen LogP contribution in [-0.2, 0) is 6.61 Å².